The van der Waals surface area contributed by atoms with Crippen molar-refractivity contribution in [3.63, 3.8) is 0 Å². The number of aliphatic hydroxyl groups excluding tert-OH is 1. The first-order valence-corrected chi connectivity index (χ1v) is 8.93. The third-order valence-corrected chi connectivity index (χ3v) is 5.75. The number of nitrogens with one attached hydrogen (secondary N) is 1. The van der Waals surface area contributed by atoms with E-state index in [1.807, 2.05) is 0 Å². The fourth-order valence-corrected chi connectivity index (χ4v) is 3.87. The molecule has 2 saturated carbocycles. The number of amides is 1. The number of carbonyl (C=O) groups is 1. The van der Waals surface area contributed by atoms with Crippen LogP contribution in [0.15, 0.2) is 17.0 Å². The first-order valence-electron chi connectivity index (χ1n) is 8.13. The van der Waals surface area contributed by atoms with Gasteiger partial charge in [-0.15, -0.1) is 0 Å². The predicted molar refractivity (Wildman–Crippen MR) is 87.9 cm³/mol. The molecule has 124 valence electrons. The lowest BCUT2D eigenvalue weighted by Gasteiger charge is -2.13. The number of rotatable bonds is 4. The fourth-order valence-electron chi connectivity index (χ4n) is 3.66. The number of nitrogens with zero attached hydrogens (tertiary/aromatic N) is 4. The molecule has 2 heterocycles. The Morgan fingerprint density at radius 2 is 2.25 bits per heavy atom. The van der Waals surface area contributed by atoms with Crippen LogP contribution in [-0.4, -0.2) is 42.9 Å². The smallest absolute Gasteiger partial charge is 0.272 e. The van der Waals surface area contributed by atoms with Crippen molar-refractivity contribution in [3.05, 3.63) is 33.9 Å². The van der Waals surface area contributed by atoms with E-state index in [4.69, 9.17) is 0 Å². The van der Waals surface area contributed by atoms with Gasteiger partial charge in [0.15, 0.2) is 11.5 Å². The summed E-state index contributed by atoms with van der Waals surface area (Å²) in [7, 11) is 0. The van der Waals surface area contributed by atoms with Gasteiger partial charge in [0.25, 0.3) is 5.91 Å². The lowest BCUT2D eigenvalue weighted by atomic mass is 10.1. The summed E-state index contributed by atoms with van der Waals surface area (Å²) >= 11 is 3.29. The number of hydrogen-bond acceptors (Lipinski definition) is 5. The summed E-state index contributed by atoms with van der Waals surface area (Å²) in [6, 6.07) is 0. The summed E-state index contributed by atoms with van der Waals surface area (Å²) in [6.07, 6.45) is 6.99. The number of aliphatic hydroxyl groups is 1. The minimum Gasteiger partial charge on any atom is -0.394 e. The Balaban J connectivity index is 1.55. The molecule has 1 amide bonds. The molecule has 0 bridgehead atoms. The Bertz CT molecular complexity index is 843. The van der Waals surface area contributed by atoms with Crippen molar-refractivity contribution in [1.82, 2.24) is 25.1 Å². The molecule has 0 unspecified atom stereocenters. The van der Waals surface area contributed by atoms with Crippen LogP contribution in [0.25, 0.3) is 5.82 Å². The number of hydrogen-bond donors (Lipinski definition) is 2. The summed E-state index contributed by atoms with van der Waals surface area (Å²) in [4.78, 5) is 21.3. The van der Waals surface area contributed by atoms with Crippen molar-refractivity contribution in [3.8, 4) is 5.82 Å². The van der Waals surface area contributed by atoms with Crippen LogP contribution in [-0.2, 0) is 6.42 Å². The Morgan fingerprint density at radius 1 is 1.42 bits per heavy atom. The van der Waals surface area contributed by atoms with Gasteiger partial charge in [-0.2, -0.15) is 5.10 Å². The van der Waals surface area contributed by atoms with Crippen LogP contribution >= 0.6 is 15.9 Å². The van der Waals surface area contributed by atoms with Crippen LogP contribution in [0, 0.1) is 5.92 Å². The van der Waals surface area contributed by atoms with Gasteiger partial charge >= 0.3 is 0 Å². The van der Waals surface area contributed by atoms with Crippen molar-refractivity contribution in [2.24, 2.45) is 5.92 Å². The molecule has 2 N–H and O–H groups in total. The first kappa shape index (κ1) is 14.5. The molecule has 0 aliphatic heterocycles. The summed E-state index contributed by atoms with van der Waals surface area (Å²) < 4.78 is 2.44. The van der Waals surface area contributed by atoms with Crippen LogP contribution in [0.3, 0.4) is 0 Å². The first-order chi connectivity index (χ1) is 11.6. The van der Waals surface area contributed by atoms with Gasteiger partial charge in [-0.05, 0) is 47.5 Å². The summed E-state index contributed by atoms with van der Waals surface area (Å²) in [5.74, 6) is 1.55. The number of fused-ring (bicyclic) bond motifs is 3. The topological polar surface area (TPSA) is 92.9 Å². The molecule has 8 heteroatoms. The van der Waals surface area contributed by atoms with Gasteiger partial charge < -0.3 is 10.4 Å². The van der Waals surface area contributed by atoms with Gasteiger partial charge in [-0.1, -0.05) is 0 Å². The fraction of sp³-hybridized carbons (Fsp3) is 0.500. The van der Waals surface area contributed by atoms with Gasteiger partial charge in [0.2, 0.25) is 0 Å². The molecule has 3 aliphatic rings. The van der Waals surface area contributed by atoms with Crippen LogP contribution in [0.4, 0.5) is 0 Å². The van der Waals surface area contributed by atoms with E-state index in [2.05, 4.69) is 36.3 Å². The molecule has 0 radical (unpaired) electrons. The van der Waals surface area contributed by atoms with Crippen molar-refractivity contribution in [2.45, 2.75) is 37.1 Å². The highest BCUT2D eigenvalue weighted by Gasteiger charge is 2.51. The van der Waals surface area contributed by atoms with Crippen molar-refractivity contribution < 1.29 is 9.90 Å². The van der Waals surface area contributed by atoms with E-state index in [0.717, 1.165) is 36.9 Å². The standard InChI is InChI=1S/C16H16BrN5O2/c17-11-5-19-12(6-18-11)22-14-9-3-8(9)4-10(14)13(21-22)15(24)20-16(7-23)1-2-16/h5-6,8-9,23H,1-4,7H2,(H,20,24)/t8-,9-/m1/s1. The maximum atomic E-state index is 12.7. The molecule has 3 aliphatic carbocycles. The minimum absolute atomic E-state index is 0.0227. The zero-order valence-corrected chi connectivity index (χ0v) is 14.5. The lowest BCUT2D eigenvalue weighted by Crippen LogP contribution is -2.40. The van der Waals surface area contributed by atoms with E-state index in [-0.39, 0.29) is 12.5 Å². The number of carbonyl (C=O) groups excluding carboxylic acids is 1. The maximum Gasteiger partial charge on any atom is 0.272 e. The molecule has 0 aromatic carbocycles. The zero-order chi connectivity index (χ0) is 16.5. The van der Waals surface area contributed by atoms with Crippen molar-refractivity contribution >= 4 is 21.8 Å². The Hall–Kier alpha value is -1.80. The second kappa shape index (κ2) is 4.86. The number of aromatic nitrogens is 4. The molecule has 0 spiro atoms. The highest BCUT2D eigenvalue weighted by molar-refractivity contribution is 9.10. The highest BCUT2D eigenvalue weighted by Crippen LogP contribution is 2.57. The molecule has 2 aromatic rings. The van der Waals surface area contributed by atoms with Crippen LogP contribution in [0.5, 0.6) is 0 Å². The third-order valence-electron chi connectivity index (χ3n) is 5.34. The van der Waals surface area contributed by atoms with Gasteiger partial charge in [0.1, 0.15) is 4.60 Å². The monoisotopic (exact) mass is 389 g/mol. The molecule has 24 heavy (non-hydrogen) atoms. The minimum atomic E-state index is -0.438. The van der Waals surface area contributed by atoms with Crippen molar-refractivity contribution in [2.75, 3.05) is 6.61 Å². The third kappa shape index (κ3) is 2.12. The molecule has 2 fully saturated rings. The average molecular weight is 390 g/mol. The predicted octanol–water partition coefficient (Wildman–Crippen LogP) is 1.34. The van der Waals surface area contributed by atoms with Gasteiger partial charge in [0, 0.05) is 11.5 Å². The Kier molecular flexibility index (Phi) is 2.94. The maximum absolute atomic E-state index is 12.7. The molecule has 2 atom stereocenters. The Morgan fingerprint density at radius 3 is 2.92 bits per heavy atom. The molecule has 7 nitrogen and oxygen atoms in total. The Labute approximate surface area is 146 Å². The van der Waals surface area contributed by atoms with Gasteiger partial charge in [0.05, 0.1) is 30.2 Å². The second-order valence-electron chi connectivity index (χ2n) is 7.02. The number of halogens is 1. The van der Waals surface area contributed by atoms with Crippen LogP contribution in [0.1, 0.15) is 46.9 Å². The zero-order valence-electron chi connectivity index (χ0n) is 12.9. The van der Waals surface area contributed by atoms with E-state index < -0.39 is 5.54 Å². The van der Waals surface area contributed by atoms with Crippen molar-refractivity contribution in [1.29, 1.82) is 0 Å². The van der Waals surface area contributed by atoms with E-state index in [0.29, 0.717) is 28.0 Å². The lowest BCUT2D eigenvalue weighted by molar-refractivity contribution is 0.0900. The normalized spacial score (nSPS) is 25.1. The van der Waals surface area contributed by atoms with E-state index in [1.165, 1.54) is 0 Å². The van der Waals surface area contributed by atoms with E-state index in [9.17, 15) is 9.90 Å². The van der Waals surface area contributed by atoms with Gasteiger partial charge in [-0.25, -0.2) is 14.6 Å². The van der Waals surface area contributed by atoms with E-state index in [1.54, 1.807) is 17.1 Å². The van der Waals surface area contributed by atoms with Crippen LogP contribution < -0.4 is 5.32 Å². The average Bonchev–Trinajstić information content (AvgIpc) is 3.45. The molecule has 0 saturated heterocycles. The van der Waals surface area contributed by atoms with E-state index >= 15 is 0 Å². The SMILES string of the molecule is O=C(NC1(CO)CC1)c1nn(-c2cnc(Br)cn2)c2c1C[C@H]1C[C@@H]21. The van der Waals surface area contributed by atoms with Crippen LogP contribution in [0.2, 0.25) is 0 Å². The second-order valence-corrected chi connectivity index (χ2v) is 7.83. The summed E-state index contributed by atoms with van der Waals surface area (Å²) in [6.45, 7) is -0.0227. The summed E-state index contributed by atoms with van der Waals surface area (Å²) in [5.41, 5.74) is 2.18. The molecular formula is C16H16BrN5O2. The quantitative estimate of drug-likeness (QED) is 0.822. The summed E-state index contributed by atoms with van der Waals surface area (Å²) in [5, 5.41) is 17.0. The molecule has 2 aromatic heterocycles. The molecular weight excluding hydrogens is 374 g/mol. The largest absolute Gasteiger partial charge is 0.394 e. The van der Waals surface area contributed by atoms with Gasteiger partial charge in [-0.3, -0.25) is 4.79 Å². The highest BCUT2D eigenvalue weighted by atomic mass is 79.9. The molecule has 5 rings (SSSR count).